The zero-order valence-electron chi connectivity index (χ0n) is 17.6. The van der Waals surface area contributed by atoms with Gasteiger partial charge >= 0.3 is 0 Å². The number of carbonyl (C=O) groups excluding carboxylic acids is 1. The number of methoxy groups -OCH3 is 1. The Balaban J connectivity index is 1.60. The van der Waals surface area contributed by atoms with Gasteiger partial charge in [0.1, 0.15) is 10.6 Å². The van der Waals surface area contributed by atoms with Gasteiger partial charge in [-0.15, -0.1) is 0 Å². The predicted molar refractivity (Wildman–Crippen MR) is 121 cm³/mol. The SMILES string of the molecule is COc1ccc(C(=O)Nc2ccc3c(c2)Cc2ccccc2-3)cc1S(=O)(=O)NC(C)C. The molecule has 0 unspecified atom stereocenters. The summed E-state index contributed by atoms with van der Waals surface area (Å²) in [6.07, 6.45) is 0.820. The summed E-state index contributed by atoms with van der Waals surface area (Å²) in [6, 6.07) is 18.2. The lowest BCUT2D eigenvalue weighted by molar-refractivity contribution is 0.102. The average molecular weight is 437 g/mol. The summed E-state index contributed by atoms with van der Waals surface area (Å²) in [6.45, 7) is 3.46. The number of ether oxygens (including phenoxy) is 1. The largest absolute Gasteiger partial charge is 0.495 e. The van der Waals surface area contributed by atoms with Crippen LogP contribution in [0.4, 0.5) is 5.69 Å². The van der Waals surface area contributed by atoms with E-state index in [1.807, 2.05) is 30.3 Å². The highest BCUT2D eigenvalue weighted by molar-refractivity contribution is 7.89. The van der Waals surface area contributed by atoms with E-state index in [1.165, 1.54) is 35.9 Å². The van der Waals surface area contributed by atoms with Crippen LogP contribution in [-0.4, -0.2) is 27.5 Å². The molecule has 3 aromatic carbocycles. The standard InChI is InChI=1S/C24H24N2O4S/c1-15(2)26-31(28,29)23-14-17(8-11-22(23)30-3)24(27)25-19-9-10-21-18(13-19)12-16-6-4-5-7-20(16)21/h4-11,13-15,26H,12H2,1-3H3,(H,25,27). The van der Waals surface area contributed by atoms with Gasteiger partial charge in [0, 0.05) is 17.3 Å². The normalized spacial score (nSPS) is 12.4. The van der Waals surface area contributed by atoms with Crippen LogP contribution in [0.2, 0.25) is 0 Å². The topological polar surface area (TPSA) is 84.5 Å². The van der Waals surface area contributed by atoms with E-state index in [9.17, 15) is 13.2 Å². The first-order chi connectivity index (χ1) is 14.8. The van der Waals surface area contributed by atoms with Gasteiger partial charge in [0.05, 0.1) is 7.11 Å². The molecule has 0 saturated carbocycles. The molecule has 4 rings (SSSR count). The van der Waals surface area contributed by atoms with Crippen LogP contribution in [0.25, 0.3) is 11.1 Å². The van der Waals surface area contributed by atoms with E-state index in [-0.39, 0.29) is 28.2 Å². The second-order valence-electron chi connectivity index (χ2n) is 7.80. The molecular formula is C24H24N2O4S. The van der Waals surface area contributed by atoms with Gasteiger partial charge in [0.25, 0.3) is 5.91 Å². The first-order valence-electron chi connectivity index (χ1n) is 10.0. The first-order valence-corrected chi connectivity index (χ1v) is 11.5. The maximum absolute atomic E-state index is 12.9. The van der Waals surface area contributed by atoms with Gasteiger partial charge in [-0.05, 0) is 72.9 Å². The van der Waals surface area contributed by atoms with E-state index in [4.69, 9.17) is 4.74 Å². The fraction of sp³-hybridized carbons (Fsp3) is 0.208. The summed E-state index contributed by atoms with van der Waals surface area (Å²) in [4.78, 5) is 12.8. The molecule has 31 heavy (non-hydrogen) atoms. The maximum Gasteiger partial charge on any atom is 0.255 e. The summed E-state index contributed by atoms with van der Waals surface area (Å²) in [5.74, 6) is -0.209. The monoisotopic (exact) mass is 436 g/mol. The van der Waals surface area contributed by atoms with E-state index in [0.717, 1.165) is 12.0 Å². The number of amides is 1. The van der Waals surface area contributed by atoms with Crippen molar-refractivity contribution in [1.82, 2.24) is 4.72 Å². The van der Waals surface area contributed by atoms with E-state index in [0.29, 0.717) is 5.69 Å². The summed E-state index contributed by atoms with van der Waals surface area (Å²) >= 11 is 0. The van der Waals surface area contributed by atoms with E-state index < -0.39 is 10.0 Å². The molecule has 2 N–H and O–H groups in total. The Bertz CT molecular complexity index is 1270. The van der Waals surface area contributed by atoms with Crippen molar-refractivity contribution in [2.45, 2.75) is 31.2 Å². The Hall–Kier alpha value is -3.16. The number of nitrogens with one attached hydrogen (secondary N) is 2. The zero-order valence-corrected chi connectivity index (χ0v) is 18.4. The highest BCUT2D eigenvalue weighted by atomic mass is 32.2. The van der Waals surface area contributed by atoms with Crippen molar-refractivity contribution in [1.29, 1.82) is 0 Å². The third kappa shape index (κ3) is 4.19. The molecule has 0 radical (unpaired) electrons. The Morgan fingerprint density at radius 3 is 2.45 bits per heavy atom. The minimum atomic E-state index is -3.82. The van der Waals surface area contributed by atoms with Gasteiger partial charge in [-0.3, -0.25) is 4.79 Å². The van der Waals surface area contributed by atoms with E-state index in [1.54, 1.807) is 19.9 Å². The highest BCUT2D eigenvalue weighted by Crippen LogP contribution is 2.37. The van der Waals surface area contributed by atoms with Crippen LogP contribution < -0.4 is 14.8 Å². The second kappa shape index (κ2) is 8.17. The molecular weight excluding hydrogens is 412 g/mol. The number of rotatable bonds is 6. The molecule has 3 aromatic rings. The summed E-state index contributed by atoms with van der Waals surface area (Å²) in [5.41, 5.74) is 5.71. The third-order valence-corrected chi connectivity index (χ3v) is 6.84. The summed E-state index contributed by atoms with van der Waals surface area (Å²) in [5, 5.41) is 2.88. The number of carbonyl (C=O) groups is 1. The number of hydrogen-bond acceptors (Lipinski definition) is 4. The second-order valence-corrected chi connectivity index (χ2v) is 9.48. The number of hydrogen-bond donors (Lipinski definition) is 2. The summed E-state index contributed by atoms with van der Waals surface area (Å²) < 4.78 is 33.1. The molecule has 0 spiro atoms. The van der Waals surface area contributed by atoms with Crippen molar-refractivity contribution in [3.8, 4) is 16.9 Å². The quantitative estimate of drug-likeness (QED) is 0.474. The van der Waals surface area contributed by atoms with Crippen molar-refractivity contribution in [2.75, 3.05) is 12.4 Å². The zero-order chi connectivity index (χ0) is 22.2. The number of anilines is 1. The van der Waals surface area contributed by atoms with E-state index in [2.05, 4.69) is 22.2 Å². The fourth-order valence-corrected chi connectivity index (χ4v) is 5.27. The molecule has 0 aliphatic heterocycles. The lowest BCUT2D eigenvalue weighted by atomic mass is 10.1. The number of fused-ring (bicyclic) bond motifs is 3. The molecule has 160 valence electrons. The third-order valence-electron chi connectivity index (χ3n) is 5.16. The van der Waals surface area contributed by atoms with Crippen molar-refractivity contribution < 1.29 is 17.9 Å². The van der Waals surface area contributed by atoms with Crippen molar-refractivity contribution in [2.24, 2.45) is 0 Å². The number of benzene rings is 3. The van der Waals surface area contributed by atoms with Crippen LogP contribution in [0.3, 0.4) is 0 Å². The molecule has 0 bridgehead atoms. The van der Waals surface area contributed by atoms with Crippen molar-refractivity contribution in [3.05, 3.63) is 77.4 Å². The minimum absolute atomic E-state index is 0.0687. The predicted octanol–water partition coefficient (Wildman–Crippen LogP) is 4.21. The van der Waals surface area contributed by atoms with Gasteiger partial charge in [-0.25, -0.2) is 13.1 Å². The molecule has 1 amide bonds. The molecule has 0 atom stereocenters. The Labute approximate surface area is 182 Å². The average Bonchev–Trinajstić information content (AvgIpc) is 3.10. The van der Waals surface area contributed by atoms with Crippen LogP contribution in [0.15, 0.2) is 65.6 Å². The molecule has 0 saturated heterocycles. The van der Waals surface area contributed by atoms with Gasteiger partial charge in [-0.1, -0.05) is 30.3 Å². The van der Waals surface area contributed by atoms with Crippen LogP contribution >= 0.6 is 0 Å². The van der Waals surface area contributed by atoms with Crippen LogP contribution in [-0.2, 0) is 16.4 Å². The molecule has 1 aliphatic rings. The van der Waals surface area contributed by atoms with Gasteiger partial charge in [-0.2, -0.15) is 0 Å². The molecule has 0 aromatic heterocycles. The Morgan fingerprint density at radius 2 is 1.71 bits per heavy atom. The lowest BCUT2D eigenvalue weighted by Gasteiger charge is -2.14. The first kappa shape index (κ1) is 21.1. The molecule has 6 nitrogen and oxygen atoms in total. The van der Waals surface area contributed by atoms with Crippen LogP contribution in [0.5, 0.6) is 5.75 Å². The number of sulfonamides is 1. The van der Waals surface area contributed by atoms with Gasteiger partial charge in [0.2, 0.25) is 10.0 Å². The smallest absolute Gasteiger partial charge is 0.255 e. The van der Waals surface area contributed by atoms with Crippen molar-refractivity contribution in [3.63, 3.8) is 0 Å². The molecule has 0 fully saturated rings. The van der Waals surface area contributed by atoms with Crippen molar-refractivity contribution >= 4 is 21.6 Å². The fourth-order valence-electron chi connectivity index (χ4n) is 3.83. The highest BCUT2D eigenvalue weighted by Gasteiger charge is 2.23. The Morgan fingerprint density at radius 1 is 0.968 bits per heavy atom. The van der Waals surface area contributed by atoms with Gasteiger partial charge in [0.15, 0.2) is 0 Å². The maximum atomic E-state index is 12.9. The summed E-state index contributed by atoms with van der Waals surface area (Å²) in [7, 11) is -2.43. The molecule has 7 heteroatoms. The van der Waals surface area contributed by atoms with Gasteiger partial charge < -0.3 is 10.1 Å². The Kier molecular flexibility index (Phi) is 5.56. The van der Waals surface area contributed by atoms with Crippen LogP contribution in [0.1, 0.15) is 35.3 Å². The molecule has 0 heterocycles. The van der Waals surface area contributed by atoms with Crippen LogP contribution in [0, 0.1) is 0 Å². The van der Waals surface area contributed by atoms with E-state index >= 15 is 0 Å². The molecule has 1 aliphatic carbocycles. The minimum Gasteiger partial charge on any atom is -0.495 e. The lowest BCUT2D eigenvalue weighted by Crippen LogP contribution is -2.30.